The second kappa shape index (κ2) is 6.41. The number of rotatable bonds is 7. The van der Waals surface area contributed by atoms with Gasteiger partial charge in [0.15, 0.2) is 0 Å². The van der Waals surface area contributed by atoms with Crippen LogP contribution >= 0.6 is 0 Å². The lowest BCUT2D eigenvalue weighted by Gasteiger charge is -2.36. The summed E-state index contributed by atoms with van der Waals surface area (Å²) in [6.45, 7) is 9.14. The minimum Gasteiger partial charge on any atom is -0.373 e. The van der Waals surface area contributed by atoms with Gasteiger partial charge in [-0.25, -0.2) is 0 Å². The van der Waals surface area contributed by atoms with E-state index in [0.717, 1.165) is 32.5 Å². The molecule has 2 fully saturated rings. The van der Waals surface area contributed by atoms with Crippen LogP contribution in [0.5, 0.6) is 0 Å². The predicted molar refractivity (Wildman–Crippen MR) is 79.4 cm³/mol. The Hall–Kier alpha value is -0.650. The number of primary amides is 1. The van der Waals surface area contributed by atoms with E-state index in [1.165, 1.54) is 12.8 Å². The number of nitrogens with zero attached hydrogens (tertiary/aromatic N) is 1. The van der Waals surface area contributed by atoms with Gasteiger partial charge in [0.25, 0.3) is 0 Å². The molecule has 2 aliphatic rings. The number of nitrogens with two attached hydrogens (primary N) is 1. The fourth-order valence-corrected chi connectivity index (χ4v) is 3.07. The third-order valence-electron chi connectivity index (χ3n) is 4.29. The fraction of sp³-hybridized carbons (Fsp3) is 0.933. The van der Waals surface area contributed by atoms with E-state index in [9.17, 15) is 4.79 Å². The van der Waals surface area contributed by atoms with E-state index >= 15 is 0 Å². The number of carbonyl (C=O) groups excluding carboxylic acids is 1. The van der Waals surface area contributed by atoms with Crippen molar-refractivity contribution in [2.24, 2.45) is 5.73 Å². The van der Waals surface area contributed by atoms with Gasteiger partial charge in [0.2, 0.25) is 5.91 Å². The normalized spacial score (nSPS) is 30.9. The Bertz CT molecular complexity index is 336. The molecular formula is C15H29N3O2. The van der Waals surface area contributed by atoms with Crippen molar-refractivity contribution >= 4 is 5.91 Å². The summed E-state index contributed by atoms with van der Waals surface area (Å²) in [5.74, 6) is -0.229. The second-order valence-electron chi connectivity index (χ2n) is 6.74. The molecular weight excluding hydrogens is 254 g/mol. The van der Waals surface area contributed by atoms with Crippen LogP contribution in [0.15, 0.2) is 0 Å². The smallest absolute Gasteiger partial charge is 0.237 e. The van der Waals surface area contributed by atoms with E-state index in [-0.39, 0.29) is 5.91 Å². The van der Waals surface area contributed by atoms with Crippen LogP contribution in [0.3, 0.4) is 0 Å². The molecule has 0 aromatic carbocycles. The number of hydrogen-bond acceptors (Lipinski definition) is 4. The first kappa shape index (κ1) is 15.7. The summed E-state index contributed by atoms with van der Waals surface area (Å²) in [5, 5.41) is 3.40. The van der Waals surface area contributed by atoms with Crippen molar-refractivity contribution in [2.45, 2.75) is 70.2 Å². The largest absolute Gasteiger partial charge is 0.373 e. The number of carbonyl (C=O) groups is 1. The first-order valence-corrected chi connectivity index (χ1v) is 7.84. The highest BCUT2D eigenvalue weighted by Crippen LogP contribution is 2.25. The van der Waals surface area contributed by atoms with Crippen molar-refractivity contribution in [2.75, 3.05) is 19.6 Å². The lowest BCUT2D eigenvalue weighted by Crippen LogP contribution is -2.54. The van der Waals surface area contributed by atoms with Crippen molar-refractivity contribution in [1.29, 1.82) is 0 Å². The van der Waals surface area contributed by atoms with E-state index in [1.807, 2.05) is 6.92 Å². The third kappa shape index (κ3) is 4.43. The van der Waals surface area contributed by atoms with Gasteiger partial charge < -0.3 is 15.8 Å². The van der Waals surface area contributed by atoms with Gasteiger partial charge in [-0.15, -0.1) is 0 Å². The molecule has 1 amide bonds. The molecule has 0 aromatic rings. The Balaban J connectivity index is 1.76. The summed E-state index contributed by atoms with van der Waals surface area (Å²) >= 11 is 0. The Morgan fingerprint density at radius 3 is 2.45 bits per heavy atom. The van der Waals surface area contributed by atoms with Crippen molar-refractivity contribution in [1.82, 2.24) is 10.2 Å². The molecule has 3 atom stereocenters. The number of amides is 1. The molecule has 0 bridgehead atoms. The van der Waals surface area contributed by atoms with E-state index in [0.29, 0.717) is 18.2 Å². The van der Waals surface area contributed by atoms with Crippen LogP contribution in [0.4, 0.5) is 0 Å². The SMILES string of the molecule is C[C@@H]1CN(CCCC(C)(NC2CC2)C(N)=O)C[C@H](C)O1. The average Bonchev–Trinajstić information content (AvgIpc) is 3.11. The summed E-state index contributed by atoms with van der Waals surface area (Å²) in [5.41, 5.74) is 5.02. The molecule has 1 unspecified atom stereocenters. The standard InChI is InChI=1S/C15H29N3O2/c1-11-9-18(10-12(2)20-11)8-4-7-15(3,14(16)19)17-13-5-6-13/h11-13,17H,4-10H2,1-3H3,(H2,16,19)/t11-,12+,15?. The Kier molecular flexibility index (Phi) is 5.04. The van der Waals surface area contributed by atoms with E-state index in [1.54, 1.807) is 0 Å². The molecule has 1 saturated carbocycles. The lowest BCUT2D eigenvalue weighted by atomic mass is 9.94. The lowest BCUT2D eigenvalue weighted by molar-refractivity contribution is -0.124. The minimum absolute atomic E-state index is 0.229. The van der Waals surface area contributed by atoms with E-state index in [4.69, 9.17) is 10.5 Å². The maximum atomic E-state index is 11.7. The van der Waals surface area contributed by atoms with Gasteiger partial charge in [0, 0.05) is 19.1 Å². The predicted octanol–water partition coefficient (Wildman–Crippen LogP) is 0.872. The number of hydrogen-bond donors (Lipinski definition) is 2. The van der Waals surface area contributed by atoms with Gasteiger partial charge in [0.05, 0.1) is 17.7 Å². The molecule has 2 rings (SSSR count). The summed E-state index contributed by atoms with van der Waals surface area (Å²) in [6, 6.07) is 0.496. The fourth-order valence-electron chi connectivity index (χ4n) is 3.07. The van der Waals surface area contributed by atoms with Crippen LogP contribution in [0, 0.1) is 0 Å². The summed E-state index contributed by atoms with van der Waals surface area (Å²) in [4.78, 5) is 14.1. The van der Waals surface area contributed by atoms with Crippen LogP contribution in [0.2, 0.25) is 0 Å². The molecule has 1 heterocycles. The molecule has 1 aliphatic carbocycles. The zero-order valence-corrected chi connectivity index (χ0v) is 13.0. The number of ether oxygens (including phenoxy) is 1. The summed E-state index contributed by atoms with van der Waals surface area (Å²) in [6.07, 6.45) is 4.72. The van der Waals surface area contributed by atoms with Gasteiger partial charge in [-0.05, 0) is 53.0 Å². The maximum absolute atomic E-state index is 11.7. The van der Waals surface area contributed by atoms with Crippen LogP contribution < -0.4 is 11.1 Å². The highest BCUT2D eigenvalue weighted by atomic mass is 16.5. The Morgan fingerprint density at radius 1 is 1.35 bits per heavy atom. The topological polar surface area (TPSA) is 67.6 Å². The van der Waals surface area contributed by atoms with E-state index < -0.39 is 5.54 Å². The van der Waals surface area contributed by atoms with Crippen molar-refractivity contribution in [3.63, 3.8) is 0 Å². The highest BCUT2D eigenvalue weighted by molar-refractivity contribution is 5.84. The van der Waals surface area contributed by atoms with Gasteiger partial charge in [0.1, 0.15) is 0 Å². The minimum atomic E-state index is -0.551. The van der Waals surface area contributed by atoms with Gasteiger partial charge in [-0.3, -0.25) is 9.69 Å². The maximum Gasteiger partial charge on any atom is 0.237 e. The molecule has 0 aromatic heterocycles. The van der Waals surface area contributed by atoms with Gasteiger partial charge in [-0.2, -0.15) is 0 Å². The summed E-state index contributed by atoms with van der Waals surface area (Å²) in [7, 11) is 0. The van der Waals surface area contributed by atoms with Gasteiger partial charge >= 0.3 is 0 Å². The van der Waals surface area contributed by atoms with Gasteiger partial charge in [-0.1, -0.05) is 0 Å². The molecule has 0 radical (unpaired) electrons. The second-order valence-corrected chi connectivity index (χ2v) is 6.74. The quantitative estimate of drug-likeness (QED) is 0.727. The molecule has 20 heavy (non-hydrogen) atoms. The average molecular weight is 283 g/mol. The molecule has 3 N–H and O–H groups in total. The third-order valence-corrected chi connectivity index (χ3v) is 4.29. The molecule has 1 aliphatic heterocycles. The van der Waals surface area contributed by atoms with Crippen LogP contribution in [-0.4, -0.2) is 54.2 Å². The first-order chi connectivity index (χ1) is 9.39. The van der Waals surface area contributed by atoms with Crippen molar-refractivity contribution in [3.8, 4) is 0 Å². The Labute approximate surface area is 122 Å². The number of morpholine rings is 1. The van der Waals surface area contributed by atoms with E-state index in [2.05, 4.69) is 24.1 Å². The van der Waals surface area contributed by atoms with Crippen molar-refractivity contribution in [3.05, 3.63) is 0 Å². The zero-order chi connectivity index (χ0) is 14.8. The molecule has 1 saturated heterocycles. The van der Waals surface area contributed by atoms with Crippen LogP contribution in [0.25, 0.3) is 0 Å². The van der Waals surface area contributed by atoms with Crippen molar-refractivity contribution < 1.29 is 9.53 Å². The molecule has 5 nitrogen and oxygen atoms in total. The van der Waals surface area contributed by atoms with Crippen LogP contribution in [-0.2, 0) is 9.53 Å². The Morgan fingerprint density at radius 2 is 1.95 bits per heavy atom. The zero-order valence-electron chi connectivity index (χ0n) is 13.0. The summed E-state index contributed by atoms with van der Waals surface area (Å²) < 4.78 is 5.73. The highest BCUT2D eigenvalue weighted by Gasteiger charge is 2.36. The molecule has 116 valence electrons. The molecule has 5 heteroatoms. The number of nitrogens with one attached hydrogen (secondary N) is 1. The van der Waals surface area contributed by atoms with Crippen LogP contribution in [0.1, 0.15) is 46.5 Å². The molecule has 0 spiro atoms. The first-order valence-electron chi connectivity index (χ1n) is 7.84. The monoisotopic (exact) mass is 283 g/mol.